The molecule has 0 aliphatic rings. The largest absolute Gasteiger partial charge is 0.470 e. The minimum Gasteiger partial charge on any atom is -0.470 e. The quantitative estimate of drug-likeness (QED) is 0.279. The number of non-ortho nitro benzene ring substituents is 1. The normalized spacial score (nSPS) is 10.6. The van der Waals surface area contributed by atoms with Crippen LogP contribution in [0.4, 0.5) is 17.1 Å². The van der Waals surface area contributed by atoms with Crippen molar-refractivity contribution >= 4 is 40.5 Å². The number of hydrogen-bond donors (Lipinski definition) is 2. The minimum atomic E-state index is -0.557. The fraction of sp³-hybridized carbons (Fsp3) is 0.0909. The molecule has 0 bridgehead atoms. The van der Waals surface area contributed by atoms with Crippen molar-refractivity contribution < 1.29 is 19.2 Å². The minimum absolute atomic E-state index is 0.0696. The molecule has 13 heteroatoms. The van der Waals surface area contributed by atoms with Crippen LogP contribution in [0.15, 0.2) is 67.0 Å². The SMILES string of the molecule is Cn1ccc(C(=O)Nc2cccc(NC(=O)c3ccn(COc4ccc([N+](=O)[O-])cc4Cl)n3)c2)n1. The van der Waals surface area contributed by atoms with Crippen molar-refractivity contribution in [2.75, 3.05) is 10.6 Å². The Bertz CT molecular complexity index is 1410. The molecule has 4 rings (SSSR count). The number of hydrogen-bond acceptors (Lipinski definition) is 7. The number of amides is 2. The first kappa shape index (κ1) is 23.4. The van der Waals surface area contributed by atoms with Crippen LogP contribution in [-0.4, -0.2) is 36.3 Å². The average Bonchev–Trinajstić information content (AvgIpc) is 3.48. The summed E-state index contributed by atoms with van der Waals surface area (Å²) in [6.07, 6.45) is 3.20. The van der Waals surface area contributed by atoms with E-state index < -0.39 is 10.8 Å². The first-order valence-corrected chi connectivity index (χ1v) is 10.5. The topological polar surface area (TPSA) is 146 Å². The van der Waals surface area contributed by atoms with Gasteiger partial charge >= 0.3 is 0 Å². The second-order valence-electron chi connectivity index (χ2n) is 7.25. The molecular formula is C22H18ClN7O5. The van der Waals surface area contributed by atoms with Crippen LogP contribution in [0, 0.1) is 10.1 Å². The van der Waals surface area contributed by atoms with E-state index in [0.717, 1.165) is 0 Å². The third-order valence-electron chi connectivity index (χ3n) is 4.68. The van der Waals surface area contributed by atoms with Gasteiger partial charge < -0.3 is 15.4 Å². The fourth-order valence-corrected chi connectivity index (χ4v) is 3.24. The lowest BCUT2D eigenvalue weighted by Gasteiger charge is -2.08. The maximum Gasteiger partial charge on any atom is 0.276 e. The van der Waals surface area contributed by atoms with E-state index in [1.54, 1.807) is 43.6 Å². The number of carbonyl (C=O) groups is 2. The molecule has 0 spiro atoms. The third-order valence-corrected chi connectivity index (χ3v) is 4.97. The zero-order valence-corrected chi connectivity index (χ0v) is 19.0. The van der Waals surface area contributed by atoms with Gasteiger partial charge in [0.25, 0.3) is 17.5 Å². The van der Waals surface area contributed by atoms with Crippen molar-refractivity contribution in [2.45, 2.75) is 6.73 Å². The van der Waals surface area contributed by atoms with Gasteiger partial charge in [0.1, 0.15) is 5.75 Å². The van der Waals surface area contributed by atoms with Crippen LogP contribution >= 0.6 is 11.6 Å². The number of nitrogens with one attached hydrogen (secondary N) is 2. The van der Waals surface area contributed by atoms with Crippen molar-refractivity contribution in [3.8, 4) is 5.75 Å². The molecule has 0 saturated heterocycles. The highest BCUT2D eigenvalue weighted by molar-refractivity contribution is 6.32. The Balaban J connectivity index is 1.35. The van der Waals surface area contributed by atoms with E-state index in [2.05, 4.69) is 20.8 Å². The molecule has 0 unspecified atom stereocenters. The fourth-order valence-electron chi connectivity index (χ4n) is 3.01. The summed E-state index contributed by atoms with van der Waals surface area (Å²) in [5.41, 5.74) is 1.19. The maximum atomic E-state index is 12.6. The molecule has 0 aliphatic heterocycles. The number of carbonyl (C=O) groups excluding carboxylic acids is 2. The summed E-state index contributed by atoms with van der Waals surface area (Å²) in [7, 11) is 1.71. The van der Waals surface area contributed by atoms with E-state index in [4.69, 9.17) is 16.3 Å². The highest BCUT2D eigenvalue weighted by Crippen LogP contribution is 2.28. The van der Waals surface area contributed by atoms with E-state index in [9.17, 15) is 19.7 Å². The van der Waals surface area contributed by atoms with Gasteiger partial charge in [-0.25, -0.2) is 4.68 Å². The van der Waals surface area contributed by atoms with Gasteiger partial charge in [-0.3, -0.25) is 24.4 Å². The molecule has 2 heterocycles. The predicted octanol–water partition coefficient (Wildman–Crippen LogP) is 3.72. The van der Waals surface area contributed by atoms with Crippen LogP contribution in [0.3, 0.4) is 0 Å². The molecule has 4 aromatic rings. The standard InChI is InChI=1S/C22H18ClN7O5/c1-28-9-7-18(26-28)21(31)24-14-3-2-4-15(11-14)25-22(32)19-8-10-29(27-19)13-35-20-6-5-16(30(33)34)12-17(20)23/h2-12H,13H2,1H3,(H,24,31)(H,25,32). The first-order chi connectivity index (χ1) is 16.8. The molecule has 0 atom stereocenters. The van der Waals surface area contributed by atoms with Crippen molar-refractivity contribution in [2.24, 2.45) is 7.05 Å². The lowest BCUT2D eigenvalue weighted by Crippen LogP contribution is -2.15. The second kappa shape index (κ2) is 10.1. The summed E-state index contributed by atoms with van der Waals surface area (Å²) < 4.78 is 8.42. The first-order valence-electron chi connectivity index (χ1n) is 10.1. The lowest BCUT2D eigenvalue weighted by molar-refractivity contribution is -0.384. The number of rotatable bonds is 8. The number of ether oxygens (including phenoxy) is 1. The maximum absolute atomic E-state index is 12.6. The van der Waals surface area contributed by atoms with Crippen LogP contribution in [-0.2, 0) is 13.8 Å². The second-order valence-corrected chi connectivity index (χ2v) is 7.66. The summed E-state index contributed by atoms with van der Waals surface area (Å²) in [6.45, 7) is -0.0696. The van der Waals surface area contributed by atoms with Crippen molar-refractivity contribution in [3.63, 3.8) is 0 Å². The molecule has 0 aliphatic carbocycles. The Labute approximate surface area is 203 Å². The van der Waals surface area contributed by atoms with Gasteiger partial charge in [-0.2, -0.15) is 10.2 Å². The van der Waals surface area contributed by atoms with Crippen LogP contribution in [0.1, 0.15) is 21.0 Å². The van der Waals surface area contributed by atoms with Crippen LogP contribution in [0.5, 0.6) is 5.75 Å². The van der Waals surface area contributed by atoms with Crippen molar-refractivity contribution in [1.29, 1.82) is 0 Å². The number of halogens is 1. The Morgan fingerprint density at radius 3 is 2.26 bits per heavy atom. The van der Waals surface area contributed by atoms with Crippen LogP contribution in [0.25, 0.3) is 0 Å². The number of nitro benzene ring substituents is 1. The van der Waals surface area contributed by atoms with Crippen molar-refractivity contribution in [3.05, 3.63) is 93.5 Å². The molecule has 0 fully saturated rings. The van der Waals surface area contributed by atoms with Crippen LogP contribution < -0.4 is 15.4 Å². The molecule has 35 heavy (non-hydrogen) atoms. The van der Waals surface area contributed by atoms with Gasteiger partial charge in [-0.15, -0.1) is 0 Å². The van der Waals surface area contributed by atoms with E-state index in [1.807, 2.05) is 0 Å². The average molecular weight is 496 g/mol. The highest BCUT2D eigenvalue weighted by Gasteiger charge is 2.14. The van der Waals surface area contributed by atoms with E-state index in [1.165, 1.54) is 39.8 Å². The molecule has 2 N–H and O–H groups in total. The molecule has 0 saturated carbocycles. The number of benzene rings is 2. The zero-order valence-electron chi connectivity index (χ0n) is 18.2. The number of aromatic nitrogens is 4. The molecular weight excluding hydrogens is 478 g/mol. The molecule has 2 aromatic carbocycles. The summed E-state index contributed by atoms with van der Waals surface area (Å²) in [5, 5.41) is 24.5. The van der Waals surface area contributed by atoms with Gasteiger partial charge in [-0.1, -0.05) is 17.7 Å². The lowest BCUT2D eigenvalue weighted by atomic mass is 10.2. The Morgan fingerprint density at radius 2 is 1.66 bits per heavy atom. The summed E-state index contributed by atoms with van der Waals surface area (Å²) in [5.74, 6) is -0.602. The Hall–Kier alpha value is -4.71. The summed E-state index contributed by atoms with van der Waals surface area (Å²) in [4.78, 5) is 35.1. The van der Waals surface area contributed by atoms with Crippen molar-refractivity contribution in [1.82, 2.24) is 19.6 Å². The number of aryl methyl sites for hydroxylation is 1. The zero-order chi connectivity index (χ0) is 24.9. The molecule has 0 radical (unpaired) electrons. The van der Waals surface area contributed by atoms with Gasteiger partial charge in [0.2, 0.25) is 0 Å². The van der Waals surface area contributed by atoms with E-state index >= 15 is 0 Å². The molecule has 178 valence electrons. The van der Waals surface area contributed by atoms with Gasteiger partial charge in [0, 0.05) is 42.9 Å². The smallest absolute Gasteiger partial charge is 0.276 e. The van der Waals surface area contributed by atoms with E-state index in [0.29, 0.717) is 11.4 Å². The number of nitro groups is 1. The Morgan fingerprint density at radius 1 is 1.00 bits per heavy atom. The number of anilines is 2. The van der Waals surface area contributed by atoms with Gasteiger partial charge in [0.05, 0.1) is 9.95 Å². The molecule has 12 nitrogen and oxygen atoms in total. The summed E-state index contributed by atoms with van der Waals surface area (Å²) in [6, 6.07) is 13.6. The Kier molecular flexibility index (Phi) is 6.73. The predicted molar refractivity (Wildman–Crippen MR) is 127 cm³/mol. The number of nitrogens with zero attached hydrogens (tertiary/aromatic N) is 5. The van der Waals surface area contributed by atoms with Gasteiger partial charge in [0.15, 0.2) is 18.1 Å². The van der Waals surface area contributed by atoms with Gasteiger partial charge in [-0.05, 0) is 36.4 Å². The highest BCUT2D eigenvalue weighted by atomic mass is 35.5. The molecule has 2 amide bonds. The van der Waals surface area contributed by atoms with E-state index in [-0.39, 0.29) is 40.5 Å². The summed E-state index contributed by atoms with van der Waals surface area (Å²) >= 11 is 6.01. The third kappa shape index (κ3) is 5.81. The molecule has 2 aromatic heterocycles. The van der Waals surface area contributed by atoms with Crippen LogP contribution in [0.2, 0.25) is 5.02 Å². The monoisotopic (exact) mass is 495 g/mol.